The summed E-state index contributed by atoms with van der Waals surface area (Å²) in [6.45, 7) is 4.94. The number of pyridine rings is 1. The van der Waals surface area contributed by atoms with Gasteiger partial charge in [0.05, 0.1) is 11.1 Å². The lowest BCUT2D eigenvalue weighted by Gasteiger charge is -2.20. The molecule has 0 amide bonds. The number of hydrogen-bond acceptors (Lipinski definition) is 3. The molecule has 130 valence electrons. The number of fused-ring (bicyclic) bond motifs is 1. The third kappa shape index (κ3) is 3.59. The molecule has 0 aliphatic rings. The van der Waals surface area contributed by atoms with Crippen LogP contribution in [0.1, 0.15) is 25.0 Å². The van der Waals surface area contributed by atoms with Gasteiger partial charge in [-0.2, -0.15) is 0 Å². The molecule has 3 aromatic rings. The second-order valence-electron chi connectivity index (χ2n) is 6.55. The molecule has 0 saturated heterocycles. The van der Waals surface area contributed by atoms with Crippen molar-refractivity contribution < 1.29 is 0 Å². The summed E-state index contributed by atoms with van der Waals surface area (Å²) in [5, 5.41) is 5.16. The van der Waals surface area contributed by atoms with Gasteiger partial charge in [-0.25, -0.2) is 0 Å². The molecular weight excluding hydrogens is 310 g/mol. The van der Waals surface area contributed by atoms with Crippen molar-refractivity contribution in [1.29, 1.82) is 0 Å². The number of rotatable bonds is 6. The van der Waals surface area contributed by atoms with Crippen molar-refractivity contribution in [2.75, 3.05) is 11.9 Å². The minimum absolute atomic E-state index is 0.0657. The van der Waals surface area contributed by atoms with Gasteiger partial charge in [-0.15, -0.1) is 0 Å². The van der Waals surface area contributed by atoms with E-state index in [-0.39, 0.29) is 5.56 Å². The number of para-hydroxylation sites is 1. The first-order valence-corrected chi connectivity index (χ1v) is 8.82. The average Bonchev–Trinajstić information content (AvgIpc) is 2.62. The first kappa shape index (κ1) is 17.2. The van der Waals surface area contributed by atoms with Crippen LogP contribution in [0.25, 0.3) is 10.8 Å². The first-order valence-electron chi connectivity index (χ1n) is 8.82. The number of aromatic nitrogens is 1. The third-order valence-electron chi connectivity index (χ3n) is 4.63. The highest BCUT2D eigenvalue weighted by Gasteiger charge is 2.16. The van der Waals surface area contributed by atoms with Gasteiger partial charge in [0.1, 0.15) is 0 Å². The van der Waals surface area contributed by atoms with E-state index in [4.69, 9.17) is 5.73 Å². The van der Waals surface area contributed by atoms with E-state index in [0.717, 1.165) is 29.6 Å². The SMILES string of the molecule is CCc1c(CC(C)CN)cc2cc[nH]c(=O)c2c1Nc1ccccc1. The highest BCUT2D eigenvalue weighted by molar-refractivity contribution is 5.97. The van der Waals surface area contributed by atoms with E-state index in [1.807, 2.05) is 36.4 Å². The van der Waals surface area contributed by atoms with Gasteiger partial charge < -0.3 is 16.0 Å². The molecule has 0 aliphatic carbocycles. The minimum Gasteiger partial charge on any atom is -0.355 e. The van der Waals surface area contributed by atoms with Crippen LogP contribution < -0.4 is 16.6 Å². The van der Waals surface area contributed by atoms with Crippen LogP contribution in [0.4, 0.5) is 11.4 Å². The quantitative estimate of drug-likeness (QED) is 0.638. The fraction of sp³-hybridized carbons (Fsp3) is 0.286. The molecule has 0 aliphatic heterocycles. The van der Waals surface area contributed by atoms with Crippen molar-refractivity contribution in [1.82, 2.24) is 4.98 Å². The number of aromatic amines is 1. The number of nitrogens with one attached hydrogen (secondary N) is 2. The van der Waals surface area contributed by atoms with Gasteiger partial charge in [0.25, 0.3) is 5.56 Å². The Morgan fingerprint density at radius 3 is 2.64 bits per heavy atom. The number of H-pyrrole nitrogens is 1. The van der Waals surface area contributed by atoms with Crippen LogP contribution in [0.15, 0.2) is 53.5 Å². The van der Waals surface area contributed by atoms with Gasteiger partial charge in [-0.3, -0.25) is 4.79 Å². The number of anilines is 2. The van der Waals surface area contributed by atoms with Crippen LogP contribution in [-0.4, -0.2) is 11.5 Å². The van der Waals surface area contributed by atoms with E-state index >= 15 is 0 Å². The fourth-order valence-corrected chi connectivity index (χ4v) is 3.31. The molecule has 1 atom stereocenters. The summed E-state index contributed by atoms with van der Waals surface area (Å²) < 4.78 is 0. The van der Waals surface area contributed by atoms with Crippen LogP contribution >= 0.6 is 0 Å². The summed E-state index contributed by atoms with van der Waals surface area (Å²) in [5.41, 5.74) is 10.1. The van der Waals surface area contributed by atoms with E-state index < -0.39 is 0 Å². The number of benzene rings is 2. The topological polar surface area (TPSA) is 70.9 Å². The predicted molar refractivity (Wildman–Crippen MR) is 106 cm³/mol. The summed E-state index contributed by atoms with van der Waals surface area (Å²) in [6, 6.07) is 14.1. The zero-order valence-electron chi connectivity index (χ0n) is 14.8. The monoisotopic (exact) mass is 335 g/mol. The Labute approximate surface area is 148 Å². The fourth-order valence-electron chi connectivity index (χ4n) is 3.31. The van der Waals surface area contributed by atoms with Crippen LogP contribution in [0, 0.1) is 5.92 Å². The Morgan fingerprint density at radius 2 is 1.96 bits per heavy atom. The normalized spacial score (nSPS) is 12.3. The molecule has 2 aromatic carbocycles. The lowest BCUT2D eigenvalue weighted by Crippen LogP contribution is -2.16. The van der Waals surface area contributed by atoms with Gasteiger partial charge in [0, 0.05) is 11.9 Å². The molecule has 4 N–H and O–H groups in total. The Bertz CT molecular complexity index is 916. The second-order valence-corrected chi connectivity index (χ2v) is 6.55. The van der Waals surface area contributed by atoms with E-state index in [2.05, 4.69) is 30.2 Å². The Balaban J connectivity index is 2.24. The Morgan fingerprint density at radius 1 is 1.20 bits per heavy atom. The van der Waals surface area contributed by atoms with E-state index in [9.17, 15) is 4.79 Å². The average molecular weight is 335 g/mol. The number of hydrogen-bond donors (Lipinski definition) is 3. The number of nitrogens with two attached hydrogens (primary N) is 1. The van der Waals surface area contributed by atoms with Gasteiger partial charge in [0.2, 0.25) is 0 Å². The van der Waals surface area contributed by atoms with Crippen LogP contribution in [0.2, 0.25) is 0 Å². The first-order chi connectivity index (χ1) is 12.1. The Kier molecular flexibility index (Phi) is 5.19. The molecule has 0 fully saturated rings. The van der Waals surface area contributed by atoms with Gasteiger partial charge in [-0.1, -0.05) is 38.1 Å². The van der Waals surface area contributed by atoms with Crippen LogP contribution in [0.3, 0.4) is 0 Å². The lowest BCUT2D eigenvalue weighted by atomic mass is 9.91. The summed E-state index contributed by atoms with van der Waals surface area (Å²) in [7, 11) is 0. The third-order valence-corrected chi connectivity index (χ3v) is 4.63. The van der Waals surface area contributed by atoms with Crippen LogP contribution in [0.5, 0.6) is 0 Å². The lowest BCUT2D eigenvalue weighted by molar-refractivity contribution is 0.591. The largest absolute Gasteiger partial charge is 0.355 e. The molecule has 0 spiro atoms. The zero-order valence-corrected chi connectivity index (χ0v) is 14.8. The van der Waals surface area contributed by atoms with Crippen molar-refractivity contribution in [3.05, 3.63) is 70.1 Å². The van der Waals surface area contributed by atoms with Crippen molar-refractivity contribution in [2.45, 2.75) is 26.7 Å². The zero-order chi connectivity index (χ0) is 17.8. The molecule has 0 bridgehead atoms. The van der Waals surface area contributed by atoms with E-state index in [0.29, 0.717) is 17.8 Å². The van der Waals surface area contributed by atoms with Gasteiger partial charge in [0.15, 0.2) is 0 Å². The smallest absolute Gasteiger partial charge is 0.257 e. The van der Waals surface area contributed by atoms with Crippen LogP contribution in [-0.2, 0) is 12.8 Å². The molecule has 1 aromatic heterocycles. The second kappa shape index (κ2) is 7.53. The molecule has 4 nitrogen and oxygen atoms in total. The maximum absolute atomic E-state index is 12.5. The van der Waals surface area contributed by atoms with E-state index in [1.54, 1.807) is 6.20 Å². The molecule has 4 heteroatoms. The van der Waals surface area contributed by atoms with E-state index in [1.165, 1.54) is 11.1 Å². The summed E-state index contributed by atoms with van der Waals surface area (Å²) >= 11 is 0. The summed E-state index contributed by atoms with van der Waals surface area (Å²) in [5.74, 6) is 0.398. The highest BCUT2D eigenvalue weighted by atomic mass is 16.1. The maximum atomic E-state index is 12.5. The molecule has 1 unspecified atom stereocenters. The molecule has 3 rings (SSSR count). The summed E-state index contributed by atoms with van der Waals surface area (Å²) in [4.78, 5) is 15.3. The van der Waals surface area contributed by atoms with Crippen molar-refractivity contribution >= 4 is 22.1 Å². The van der Waals surface area contributed by atoms with Gasteiger partial charge >= 0.3 is 0 Å². The Hall–Kier alpha value is -2.59. The highest BCUT2D eigenvalue weighted by Crippen LogP contribution is 2.32. The van der Waals surface area contributed by atoms with Gasteiger partial charge in [-0.05, 0) is 60.0 Å². The molecule has 0 radical (unpaired) electrons. The molecular formula is C21H25N3O. The maximum Gasteiger partial charge on any atom is 0.257 e. The minimum atomic E-state index is -0.0657. The molecule has 25 heavy (non-hydrogen) atoms. The predicted octanol–water partition coefficient (Wildman–Crippen LogP) is 3.97. The van der Waals surface area contributed by atoms with Crippen molar-refractivity contribution in [3.8, 4) is 0 Å². The standard InChI is InChI=1S/C21H25N3O/c1-3-18-16(11-14(2)13-22)12-15-9-10-23-21(25)19(15)20(18)24-17-7-5-4-6-8-17/h4-10,12,14,24H,3,11,13,22H2,1-2H3,(H,23,25). The summed E-state index contributed by atoms with van der Waals surface area (Å²) in [6.07, 6.45) is 3.47. The molecule has 1 heterocycles. The van der Waals surface area contributed by atoms with Crippen molar-refractivity contribution in [3.63, 3.8) is 0 Å². The molecule has 0 saturated carbocycles. The van der Waals surface area contributed by atoms with Crippen molar-refractivity contribution in [2.24, 2.45) is 11.7 Å².